The van der Waals surface area contributed by atoms with E-state index in [1.54, 1.807) is 6.07 Å². The minimum Gasteiger partial charge on any atom is -0.480 e. The zero-order valence-corrected chi connectivity index (χ0v) is 11.7. The van der Waals surface area contributed by atoms with Gasteiger partial charge in [0.1, 0.15) is 6.04 Å². The summed E-state index contributed by atoms with van der Waals surface area (Å²) >= 11 is 12.9. The van der Waals surface area contributed by atoms with Crippen molar-refractivity contribution in [2.75, 3.05) is 7.11 Å². The molecule has 1 aromatic heterocycles. The highest BCUT2D eigenvalue weighted by molar-refractivity contribution is 7.20. The van der Waals surface area contributed by atoms with Gasteiger partial charge in [-0.25, -0.2) is 9.59 Å². The summed E-state index contributed by atoms with van der Waals surface area (Å²) in [6.07, 6.45) is -0.169. The van der Waals surface area contributed by atoms with Gasteiger partial charge in [0.2, 0.25) is 0 Å². The molecule has 0 saturated carbocycles. The highest BCUT2D eigenvalue weighted by Gasteiger charge is 2.20. The predicted octanol–water partition coefficient (Wildman–Crippen LogP) is 2.80. The summed E-state index contributed by atoms with van der Waals surface area (Å²) in [6.45, 7) is 0. The predicted molar refractivity (Wildman–Crippen MR) is 69.6 cm³/mol. The molecule has 0 fully saturated rings. The summed E-state index contributed by atoms with van der Waals surface area (Å²) in [5.74, 6) is -1.13. The SMILES string of the molecule is COC(=O)N[C@H](CCc1cc(Cl)sc1Cl)C(=O)O. The highest BCUT2D eigenvalue weighted by Crippen LogP contribution is 2.32. The van der Waals surface area contributed by atoms with Gasteiger partial charge in [-0.1, -0.05) is 23.2 Å². The number of ether oxygens (including phenoxy) is 1. The van der Waals surface area contributed by atoms with Crippen LogP contribution in [0.1, 0.15) is 12.0 Å². The van der Waals surface area contributed by atoms with Crippen LogP contribution in [0.3, 0.4) is 0 Å². The third-order valence-corrected chi connectivity index (χ3v) is 3.77. The Morgan fingerprint density at radius 1 is 1.56 bits per heavy atom. The third-order valence-electron chi connectivity index (χ3n) is 2.21. The normalized spacial score (nSPS) is 11.9. The number of alkyl carbamates (subject to hydrolysis) is 1. The average Bonchev–Trinajstić information content (AvgIpc) is 2.62. The molecule has 1 rings (SSSR count). The summed E-state index contributed by atoms with van der Waals surface area (Å²) in [7, 11) is 1.17. The number of carboxylic acids is 1. The standard InChI is InChI=1S/C10H11Cl2NO4S/c1-17-10(16)13-6(9(14)15)3-2-5-4-7(11)18-8(5)12/h4,6H,2-3H2,1H3,(H,13,16)(H,14,15)/t6-/m1/s1. The Morgan fingerprint density at radius 2 is 2.22 bits per heavy atom. The van der Waals surface area contributed by atoms with Crippen molar-refractivity contribution in [3.05, 3.63) is 20.3 Å². The summed E-state index contributed by atoms with van der Waals surface area (Å²) in [5.41, 5.74) is 0.768. The molecule has 0 bridgehead atoms. The largest absolute Gasteiger partial charge is 0.480 e. The summed E-state index contributed by atoms with van der Waals surface area (Å²) in [6, 6.07) is 0.665. The maximum absolute atomic E-state index is 11.0. The molecule has 0 aromatic carbocycles. The van der Waals surface area contributed by atoms with Crippen LogP contribution in [0.15, 0.2) is 6.07 Å². The number of thiophene rings is 1. The van der Waals surface area contributed by atoms with E-state index < -0.39 is 18.1 Å². The van der Waals surface area contributed by atoms with Crippen LogP contribution in [-0.4, -0.2) is 30.3 Å². The van der Waals surface area contributed by atoms with Gasteiger partial charge in [0.05, 0.1) is 15.8 Å². The Bertz CT molecular complexity index is 449. The number of amides is 1. The summed E-state index contributed by atoms with van der Waals surface area (Å²) < 4.78 is 5.43. The summed E-state index contributed by atoms with van der Waals surface area (Å²) in [4.78, 5) is 21.9. The zero-order valence-electron chi connectivity index (χ0n) is 9.41. The average molecular weight is 312 g/mol. The van der Waals surface area contributed by atoms with Gasteiger partial charge in [-0.05, 0) is 24.5 Å². The van der Waals surface area contributed by atoms with E-state index in [1.807, 2.05) is 0 Å². The molecule has 1 atom stereocenters. The summed E-state index contributed by atoms with van der Waals surface area (Å²) in [5, 5.41) is 11.2. The molecule has 0 radical (unpaired) electrons. The Labute approximate surface area is 118 Å². The van der Waals surface area contributed by atoms with E-state index in [4.69, 9.17) is 28.3 Å². The van der Waals surface area contributed by atoms with Crippen LogP contribution in [0.5, 0.6) is 0 Å². The Morgan fingerprint density at radius 3 is 2.67 bits per heavy atom. The lowest BCUT2D eigenvalue weighted by Gasteiger charge is -2.12. The van der Waals surface area contributed by atoms with Crippen molar-refractivity contribution in [3.63, 3.8) is 0 Å². The molecule has 18 heavy (non-hydrogen) atoms. The molecule has 1 heterocycles. The molecule has 100 valence electrons. The first kappa shape index (κ1) is 15.1. The van der Waals surface area contributed by atoms with E-state index in [-0.39, 0.29) is 6.42 Å². The first-order chi connectivity index (χ1) is 8.43. The van der Waals surface area contributed by atoms with Gasteiger partial charge in [-0.15, -0.1) is 11.3 Å². The molecule has 2 N–H and O–H groups in total. The maximum Gasteiger partial charge on any atom is 0.407 e. The van der Waals surface area contributed by atoms with Crippen molar-refractivity contribution in [2.45, 2.75) is 18.9 Å². The first-order valence-corrected chi connectivity index (χ1v) is 6.52. The number of halogens is 2. The van der Waals surface area contributed by atoms with Crippen molar-refractivity contribution < 1.29 is 19.4 Å². The lowest BCUT2D eigenvalue weighted by Crippen LogP contribution is -2.41. The molecule has 0 saturated heterocycles. The quantitative estimate of drug-likeness (QED) is 0.876. The first-order valence-electron chi connectivity index (χ1n) is 4.95. The van der Waals surface area contributed by atoms with E-state index in [0.717, 1.165) is 5.56 Å². The van der Waals surface area contributed by atoms with Crippen LogP contribution in [0.2, 0.25) is 8.67 Å². The van der Waals surface area contributed by atoms with Crippen LogP contribution in [0, 0.1) is 0 Å². The van der Waals surface area contributed by atoms with Gasteiger partial charge < -0.3 is 15.2 Å². The fraction of sp³-hybridized carbons (Fsp3) is 0.400. The van der Waals surface area contributed by atoms with Gasteiger partial charge >= 0.3 is 12.1 Å². The Kier molecular flexibility index (Phi) is 5.71. The minimum atomic E-state index is -1.13. The van der Waals surface area contributed by atoms with Gasteiger partial charge in [0, 0.05) is 0 Å². The van der Waals surface area contributed by atoms with Crippen molar-refractivity contribution in [1.29, 1.82) is 0 Å². The number of aryl methyl sites for hydroxylation is 1. The zero-order chi connectivity index (χ0) is 13.7. The molecule has 0 spiro atoms. The van der Waals surface area contributed by atoms with Crippen LogP contribution < -0.4 is 5.32 Å². The molecule has 1 aromatic rings. The van der Waals surface area contributed by atoms with Crippen LogP contribution in [-0.2, 0) is 16.0 Å². The molecular weight excluding hydrogens is 301 g/mol. The molecule has 0 aliphatic heterocycles. The van der Waals surface area contributed by atoms with Gasteiger partial charge in [0.25, 0.3) is 0 Å². The topological polar surface area (TPSA) is 75.6 Å². The molecule has 8 heteroatoms. The van der Waals surface area contributed by atoms with Crippen molar-refractivity contribution >= 4 is 46.6 Å². The minimum absolute atomic E-state index is 0.206. The van der Waals surface area contributed by atoms with Crippen LogP contribution in [0.25, 0.3) is 0 Å². The van der Waals surface area contributed by atoms with Gasteiger partial charge in [-0.3, -0.25) is 0 Å². The third kappa shape index (κ3) is 4.36. The molecule has 0 unspecified atom stereocenters. The number of carbonyl (C=O) groups excluding carboxylic acids is 1. The van der Waals surface area contributed by atoms with Crippen LogP contribution >= 0.6 is 34.5 Å². The second-order valence-electron chi connectivity index (χ2n) is 3.41. The van der Waals surface area contributed by atoms with E-state index >= 15 is 0 Å². The lowest BCUT2D eigenvalue weighted by atomic mass is 10.1. The number of hydrogen-bond donors (Lipinski definition) is 2. The van der Waals surface area contributed by atoms with E-state index in [1.165, 1.54) is 18.4 Å². The number of carboxylic acid groups (broad SMARTS) is 1. The highest BCUT2D eigenvalue weighted by atomic mass is 35.5. The van der Waals surface area contributed by atoms with Gasteiger partial charge in [0.15, 0.2) is 0 Å². The fourth-order valence-electron chi connectivity index (χ4n) is 1.30. The number of rotatable bonds is 5. The second-order valence-corrected chi connectivity index (χ2v) is 5.70. The monoisotopic (exact) mass is 311 g/mol. The lowest BCUT2D eigenvalue weighted by molar-refractivity contribution is -0.139. The molecule has 0 aliphatic rings. The Hall–Kier alpha value is -0.980. The van der Waals surface area contributed by atoms with Crippen molar-refractivity contribution in [2.24, 2.45) is 0 Å². The maximum atomic E-state index is 11.0. The van der Waals surface area contributed by atoms with Gasteiger partial charge in [-0.2, -0.15) is 0 Å². The van der Waals surface area contributed by atoms with E-state index in [0.29, 0.717) is 15.1 Å². The smallest absolute Gasteiger partial charge is 0.407 e. The second kappa shape index (κ2) is 6.82. The molecule has 1 amide bonds. The van der Waals surface area contributed by atoms with Crippen LogP contribution in [0.4, 0.5) is 4.79 Å². The fourth-order valence-corrected chi connectivity index (χ4v) is 2.85. The molecule has 0 aliphatic carbocycles. The van der Waals surface area contributed by atoms with E-state index in [9.17, 15) is 9.59 Å². The number of aliphatic carboxylic acids is 1. The van der Waals surface area contributed by atoms with E-state index in [2.05, 4.69) is 10.1 Å². The number of hydrogen-bond acceptors (Lipinski definition) is 4. The molecular formula is C10H11Cl2NO4S. The number of carbonyl (C=O) groups is 2. The van der Waals surface area contributed by atoms with Crippen molar-refractivity contribution in [3.8, 4) is 0 Å². The Balaban J connectivity index is 2.60. The number of methoxy groups -OCH3 is 1. The molecule has 5 nitrogen and oxygen atoms in total. The van der Waals surface area contributed by atoms with Crippen molar-refractivity contribution in [1.82, 2.24) is 5.32 Å². The number of nitrogens with one attached hydrogen (secondary N) is 1.